The Balaban J connectivity index is 1.76. The van der Waals surface area contributed by atoms with Crippen LogP contribution >= 0.6 is 0 Å². The molecule has 0 radical (unpaired) electrons. The van der Waals surface area contributed by atoms with E-state index < -0.39 is 0 Å². The third-order valence-corrected chi connectivity index (χ3v) is 6.36. The predicted octanol–water partition coefficient (Wildman–Crippen LogP) is 4.59. The zero-order chi connectivity index (χ0) is 15.6. The first kappa shape index (κ1) is 15.9. The van der Waals surface area contributed by atoms with Gasteiger partial charge in [0.25, 0.3) is 0 Å². The number of nitrogens with zero attached hydrogens (tertiary/aromatic N) is 1. The Labute approximate surface area is 136 Å². The largest absolute Gasteiger partial charge is 0.399 e. The minimum atomic E-state index is 0.405. The molecule has 1 aliphatic carbocycles. The minimum absolute atomic E-state index is 0.405. The molecular formula is C20H32N2. The smallest absolute Gasteiger partial charge is 0.0316 e. The van der Waals surface area contributed by atoms with Crippen molar-refractivity contribution < 1.29 is 0 Å². The number of benzene rings is 1. The molecule has 2 N–H and O–H groups in total. The Bertz CT molecular complexity index is 494. The van der Waals surface area contributed by atoms with E-state index in [0.29, 0.717) is 5.41 Å². The number of nitrogen functional groups attached to an aromatic ring is 1. The van der Waals surface area contributed by atoms with Gasteiger partial charge in [0.05, 0.1) is 0 Å². The molecule has 122 valence electrons. The molecule has 2 nitrogen and oxygen atoms in total. The summed E-state index contributed by atoms with van der Waals surface area (Å²) in [6.07, 6.45) is 9.42. The van der Waals surface area contributed by atoms with Gasteiger partial charge in [-0.15, -0.1) is 0 Å². The number of anilines is 1. The van der Waals surface area contributed by atoms with E-state index in [2.05, 4.69) is 36.9 Å². The van der Waals surface area contributed by atoms with Gasteiger partial charge in [-0.3, -0.25) is 0 Å². The fourth-order valence-corrected chi connectivity index (χ4v) is 4.80. The molecule has 0 aromatic heterocycles. The van der Waals surface area contributed by atoms with Gasteiger partial charge in [-0.25, -0.2) is 0 Å². The molecule has 2 bridgehead atoms. The summed E-state index contributed by atoms with van der Waals surface area (Å²) in [6.45, 7) is 7.27. The van der Waals surface area contributed by atoms with Gasteiger partial charge >= 0.3 is 0 Å². The van der Waals surface area contributed by atoms with Crippen molar-refractivity contribution in [1.82, 2.24) is 4.90 Å². The number of likely N-dealkylation sites (tertiary alicyclic amines) is 1. The summed E-state index contributed by atoms with van der Waals surface area (Å²) < 4.78 is 0. The molecule has 22 heavy (non-hydrogen) atoms. The van der Waals surface area contributed by atoms with Crippen molar-refractivity contribution in [2.24, 2.45) is 5.92 Å². The second-order valence-electron chi connectivity index (χ2n) is 7.58. The quantitative estimate of drug-likeness (QED) is 0.806. The Morgan fingerprint density at radius 1 is 1.27 bits per heavy atom. The van der Waals surface area contributed by atoms with E-state index in [4.69, 9.17) is 5.73 Å². The highest BCUT2D eigenvalue weighted by atomic mass is 15.2. The molecule has 1 saturated heterocycles. The lowest BCUT2D eigenvalue weighted by Gasteiger charge is -2.51. The van der Waals surface area contributed by atoms with Gasteiger partial charge < -0.3 is 10.6 Å². The average molecular weight is 300 g/mol. The molecule has 1 heterocycles. The van der Waals surface area contributed by atoms with Crippen LogP contribution in [0, 0.1) is 5.92 Å². The Hall–Kier alpha value is -1.02. The maximum absolute atomic E-state index is 6.05. The molecule has 2 heteroatoms. The van der Waals surface area contributed by atoms with Gasteiger partial charge in [-0.2, -0.15) is 0 Å². The summed E-state index contributed by atoms with van der Waals surface area (Å²) in [4.78, 5) is 2.81. The molecule has 3 rings (SSSR count). The molecule has 0 spiro atoms. The first-order valence-electron chi connectivity index (χ1n) is 9.27. The molecule has 2 atom stereocenters. The van der Waals surface area contributed by atoms with Crippen LogP contribution in [0.15, 0.2) is 24.3 Å². The highest BCUT2D eigenvalue weighted by Gasteiger charge is 2.43. The van der Waals surface area contributed by atoms with Gasteiger partial charge in [-0.05, 0) is 61.3 Å². The summed E-state index contributed by atoms with van der Waals surface area (Å²) >= 11 is 0. The first-order chi connectivity index (χ1) is 10.7. The van der Waals surface area contributed by atoms with Crippen LogP contribution < -0.4 is 5.73 Å². The van der Waals surface area contributed by atoms with E-state index in [1.807, 2.05) is 6.07 Å². The predicted molar refractivity (Wildman–Crippen MR) is 95.1 cm³/mol. The summed E-state index contributed by atoms with van der Waals surface area (Å²) in [7, 11) is 0. The molecular weight excluding hydrogens is 268 g/mol. The number of piperidine rings is 1. The van der Waals surface area contributed by atoms with Gasteiger partial charge in [0.2, 0.25) is 0 Å². The van der Waals surface area contributed by atoms with Crippen molar-refractivity contribution in [3.63, 3.8) is 0 Å². The standard InChI is InChI=1S/C20H32N2/c1-3-16(4-2)15-22-12-11-20(10-6-9-19(22)14-20)17-7-5-8-18(21)13-17/h5,7-8,13,16,19H,3-4,6,9-12,14-15,21H2,1-2H3. The third kappa shape index (κ3) is 3.03. The number of nitrogens with two attached hydrogens (primary N) is 1. The van der Waals surface area contributed by atoms with Crippen LogP contribution in [0.1, 0.15) is 64.4 Å². The first-order valence-corrected chi connectivity index (χ1v) is 9.27. The van der Waals surface area contributed by atoms with Gasteiger partial charge in [0.15, 0.2) is 0 Å². The summed E-state index contributed by atoms with van der Waals surface area (Å²) in [5.74, 6) is 0.877. The Morgan fingerprint density at radius 2 is 2.09 bits per heavy atom. The van der Waals surface area contributed by atoms with Crippen LogP contribution in [0.4, 0.5) is 5.69 Å². The molecule has 1 saturated carbocycles. The molecule has 1 aromatic carbocycles. The van der Waals surface area contributed by atoms with E-state index in [1.165, 1.54) is 63.6 Å². The molecule has 2 fully saturated rings. The second-order valence-corrected chi connectivity index (χ2v) is 7.58. The highest BCUT2D eigenvalue weighted by molar-refractivity contribution is 5.44. The molecule has 1 aromatic rings. The van der Waals surface area contributed by atoms with Crippen LogP contribution in [0.3, 0.4) is 0 Å². The van der Waals surface area contributed by atoms with Crippen molar-refractivity contribution in [1.29, 1.82) is 0 Å². The number of fused-ring (bicyclic) bond motifs is 2. The van der Waals surface area contributed by atoms with Crippen LogP contribution in [0.5, 0.6) is 0 Å². The van der Waals surface area contributed by atoms with E-state index in [1.54, 1.807) is 0 Å². The molecule has 2 unspecified atom stereocenters. The van der Waals surface area contributed by atoms with E-state index in [9.17, 15) is 0 Å². The fourth-order valence-electron chi connectivity index (χ4n) is 4.80. The topological polar surface area (TPSA) is 29.3 Å². The maximum Gasteiger partial charge on any atom is 0.0316 e. The van der Waals surface area contributed by atoms with Crippen molar-refractivity contribution in [2.45, 2.75) is 70.3 Å². The SMILES string of the molecule is CCC(CC)CN1CCC2(c3cccc(N)c3)CCCC1C2. The van der Waals surface area contributed by atoms with E-state index in [0.717, 1.165) is 17.6 Å². The summed E-state index contributed by atoms with van der Waals surface area (Å²) in [6, 6.07) is 9.50. The van der Waals surface area contributed by atoms with Crippen molar-refractivity contribution in [3.05, 3.63) is 29.8 Å². The number of hydrogen-bond acceptors (Lipinski definition) is 2. The lowest BCUT2D eigenvalue weighted by Crippen LogP contribution is -2.52. The summed E-state index contributed by atoms with van der Waals surface area (Å²) in [5.41, 5.74) is 8.88. The van der Waals surface area contributed by atoms with Crippen molar-refractivity contribution >= 4 is 5.69 Å². The normalized spacial score (nSPS) is 29.0. The summed E-state index contributed by atoms with van der Waals surface area (Å²) in [5, 5.41) is 0. The lowest BCUT2D eigenvalue weighted by atomic mass is 9.63. The molecule has 2 aliphatic rings. The minimum Gasteiger partial charge on any atom is -0.399 e. The maximum atomic E-state index is 6.05. The Kier molecular flexibility index (Phi) is 4.77. The average Bonchev–Trinajstić information content (AvgIpc) is 2.55. The monoisotopic (exact) mass is 300 g/mol. The van der Waals surface area contributed by atoms with Crippen LogP contribution in [0.25, 0.3) is 0 Å². The number of hydrogen-bond donors (Lipinski definition) is 1. The zero-order valence-electron chi connectivity index (χ0n) is 14.4. The van der Waals surface area contributed by atoms with Crippen LogP contribution in [0.2, 0.25) is 0 Å². The van der Waals surface area contributed by atoms with Gasteiger partial charge in [0, 0.05) is 18.3 Å². The van der Waals surface area contributed by atoms with E-state index >= 15 is 0 Å². The zero-order valence-corrected chi connectivity index (χ0v) is 14.4. The van der Waals surface area contributed by atoms with Crippen LogP contribution in [-0.2, 0) is 5.41 Å². The molecule has 0 amide bonds. The number of rotatable bonds is 5. The second kappa shape index (κ2) is 6.62. The van der Waals surface area contributed by atoms with Gasteiger partial charge in [0.1, 0.15) is 0 Å². The van der Waals surface area contributed by atoms with Crippen molar-refractivity contribution in [3.8, 4) is 0 Å². The highest BCUT2D eigenvalue weighted by Crippen LogP contribution is 2.47. The van der Waals surface area contributed by atoms with E-state index in [-0.39, 0.29) is 0 Å². The van der Waals surface area contributed by atoms with Gasteiger partial charge in [-0.1, -0.05) is 45.2 Å². The van der Waals surface area contributed by atoms with Crippen LogP contribution in [-0.4, -0.2) is 24.0 Å². The van der Waals surface area contributed by atoms with Crippen molar-refractivity contribution in [2.75, 3.05) is 18.8 Å². The lowest BCUT2D eigenvalue weighted by molar-refractivity contribution is 0.0392. The fraction of sp³-hybridized carbons (Fsp3) is 0.700. The Morgan fingerprint density at radius 3 is 2.82 bits per heavy atom. The third-order valence-electron chi connectivity index (χ3n) is 6.36. The molecule has 1 aliphatic heterocycles.